The topological polar surface area (TPSA) is 59.8 Å². The molecular formula is C16H14N4OS. The normalized spacial score (nSPS) is 17.1. The van der Waals surface area contributed by atoms with Crippen molar-refractivity contribution in [2.45, 2.75) is 12.3 Å². The van der Waals surface area contributed by atoms with E-state index in [9.17, 15) is 4.79 Å². The largest absolute Gasteiger partial charge is 0.311 e. The smallest absolute Gasteiger partial charge is 0.226 e. The molecule has 0 bridgehead atoms. The third-order valence-corrected chi connectivity index (χ3v) is 4.59. The molecule has 0 saturated carbocycles. The number of aryl methyl sites for hydroxylation is 1. The SMILES string of the molecule is Cn1nc(-c2ccccc2)c2c1NC(=O)CC2c1cnsc1. The summed E-state index contributed by atoms with van der Waals surface area (Å²) in [6.45, 7) is 0. The molecule has 1 amide bonds. The lowest BCUT2D eigenvalue weighted by molar-refractivity contribution is -0.116. The fourth-order valence-corrected chi connectivity index (χ4v) is 3.56. The van der Waals surface area contributed by atoms with Crippen LogP contribution in [0.1, 0.15) is 23.5 Å². The summed E-state index contributed by atoms with van der Waals surface area (Å²) in [5.74, 6) is 0.809. The number of hydrogen-bond donors (Lipinski definition) is 1. The average Bonchev–Trinajstić information content (AvgIpc) is 3.16. The van der Waals surface area contributed by atoms with Crippen LogP contribution >= 0.6 is 11.5 Å². The highest BCUT2D eigenvalue weighted by atomic mass is 32.1. The molecule has 1 unspecified atom stereocenters. The Morgan fingerprint density at radius 1 is 1.32 bits per heavy atom. The molecule has 1 N–H and O–H groups in total. The van der Waals surface area contributed by atoms with Gasteiger partial charge in [-0.05, 0) is 17.1 Å². The number of hydrogen-bond acceptors (Lipinski definition) is 4. The molecule has 22 heavy (non-hydrogen) atoms. The van der Waals surface area contributed by atoms with Crippen LogP contribution < -0.4 is 5.32 Å². The van der Waals surface area contributed by atoms with Crippen molar-refractivity contribution < 1.29 is 4.79 Å². The molecule has 0 spiro atoms. The zero-order valence-electron chi connectivity index (χ0n) is 12.0. The van der Waals surface area contributed by atoms with Gasteiger partial charge in [0.2, 0.25) is 5.91 Å². The molecule has 110 valence electrons. The number of amides is 1. The van der Waals surface area contributed by atoms with Crippen molar-refractivity contribution in [3.05, 3.63) is 53.0 Å². The number of benzene rings is 1. The lowest BCUT2D eigenvalue weighted by Gasteiger charge is -2.23. The van der Waals surface area contributed by atoms with Crippen LogP contribution in [0.4, 0.5) is 5.82 Å². The maximum absolute atomic E-state index is 12.1. The Bertz CT molecular complexity index is 823. The van der Waals surface area contributed by atoms with E-state index in [0.717, 1.165) is 28.2 Å². The predicted molar refractivity (Wildman–Crippen MR) is 85.8 cm³/mol. The van der Waals surface area contributed by atoms with Gasteiger partial charge in [-0.2, -0.15) is 5.10 Å². The van der Waals surface area contributed by atoms with E-state index >= 15 is 0 Å². The van der Waals surface area contributed by atoms with Crippen molar-refractivity contribution in [2.24, 2.45) is 7.05 Å². The van der Waals surface area contributed by atoms with E-state index in [1.54, 1.807) is 4.68 Å². The molecule has 6 heteroatoms. The number of rotatable bonds is 2. The number of carbonyl (C=O) groups excluding carboxylic acids is 1. The molecule has 2 aromatic heterocycles. The summed E-state index contributed by atoms with van der Waals surface area (Å²) in [6.07, 6.45) is 2.27. The van der Waals surface area contributed by atoms with Crippen LogP contribution in [0.3, 0.4) is 0 Å². The van der Waals surface area contributed by atoms with E-state index in [2.05, 4.69) is 14.8 Å². The van der Waals surface area contributed by atoms with Gasteiger partial charge in [0.15, 0.2) is 0 Å². The maximum Gasteiger partial charge on any atom is 0.226 e. The summed E-state index contributed by atoms with van der Waals surface area (Å²) in [5, 5.41) is 9.61. The summed E-state index contributed by atoms with van der Waals surface area (Å²) in [4.78, 5) is 12.1. The number of carbonyl (C=O) groups is 1. The molecule has 3 aromatic rings. The first-order valence-electron chi connectivity index (χ1n) is 7.05. The van der Waals surface area contributed by atoms with E-state index in [1.807, 2.05) is 49.0 Å². The molecule has 4 rings (SSSR count). The Balaban J connectivity index is 1.94. The molecule has 0 aliphatic carbocycles. The first kappa shape index (κ1) is 13.2. The second-order valence-electron chi connectivity index (χ2n) is 5.36. The molecule has 0 fully saturated rings. The van der Waals surface area contributed by atoms with E-state index < -0.39 is 0 Å². The minimum atomic E-state index is 0.00593. The van der Waals surface area contributed by atoms with Gasteiger partial charge in [0.05, 0.1) is 5.69 Å². The van der Waals surface area contributed by atoms with E-state index in [4.69, 9.17) is 0 Å². The van der Waals surface area contributed by atoms with E-state index in [-0.39, 0.29) is 11.8 Å². The third-order valence-electron chi connectivity index (χ3n) is 3.98. The number of fused-ring (bicyclic) bond motifs is 1. The molecule has 1 aliphatic heterocycles. The monoisotopic (exact) mass is 310 g/mol. The van der Waals surface area contributed by atoms with Gasteiger partial charge in [-0.1, -0.05) is 30.3 Å². The van der Waals surface area contributed by atoms with Crippen LogP contribution in [0.2, 0.25) is 0 Å². The van der Waals surface area contributed by atoms with Crippen LogP contribution in [0.15, 0.2) is 41.9 Å². The summed E-state index contributed by atoms with van der Waals surface area (Å²) < 4.78 is 5.94. The van der Waals surface area contributed by atoms with Crippen molar-refractivity contribution in [3.8, 4) is 11.3 Å². The third kappa shape index (κ3) is 2.03. The van der Waals surface area contributed by atoms with Gasteiger partial charge >= 0.3 is 0 Å². The first-order chi connectivity index (χ1) is 10.7. The van der Waals surface area contributed by atoms with E-state index in [0.29, 0.717) is 6.42 Å². The molecule has 5 nitrogen and oxygen atoms in total. The molecule has 3 heterocycles. The van der Waals surface area contributed by atoms with Crippen molar-refractivity contribution in [2.75, 3.05) is 5.32 Å². The molecule has 0 saturated heterocycles. The molecule has 1 aliphatic rings. The van der Waals surface area contributed by atoms with Gasteiger partial charge in [-0.25, -0.2) is 4.37 Å². The fraction of sp³-hybridized carbons (Fsp3) is 0.188. The van der Waals surface area contributed by atoms with Crippen molar-refractivity contribution in [3.63, 3.8) is 0 Å². The van der Waals surface area contributed by atoms with Gasteiger partial charge in [-0.3, -0.25) is 9.48 Å². The lowest BCUT2D eigenvalue weighted by Crippen LogP contribution is -2.24. The Hall–Kier alpha value is -2.47. The zero-order chi connectivity index (χ0) is 15.1. The van der Waals surface area contributed by atoms with Gasteiger partial charge < -0.3 is 5.32 Å². The molecule has 1 aromatic carbocycles. The van der Waals surface area contributed by atoms with Crippen LogP contribution in [0.25, 0.3) is 11.3 Å². The summed E-state index contributed by atoms with van der Waals surface area (Å²) in [5.41, 5.74) is 4.14. The number of aromatic nitrogens is 3. The van der Waals surface area contributed by atoms with Crippen LogP contribution in [-0.2, 0) is 11.8 Å². The van der Waals surface area contributed by atoms with Crippen molar-refractivity contribution >= 4 is 23.3 Å². The van der Waals surface area contributed by atoms with Gasteiger partial charge in [0, 0.05) is 42.1 Å². The first-order valence-corrected chi connectivity index (χ1v) is 7.89. The number of anilines is 1. The van der Waals surface area contributed by atoms with Gasteiger partial charge in [0.1, 0.15) is 5.82 Å². The van der Waals surface area contributed by atoms with Crippen LogP contribution in [0.5, 0.6) is 0 Å². The van der Waals surface area contributed by atoms with E-state index in [1.165, 1.54) is 11.5 Å². The lowest BCUT2D eigenvalue weighted by atomic mass is 9.86. The number of nitrogens with zero attached hydrogens (tertiary/aromatic N) is 3. The minimum absolute atomic E-state index is 0.00593. The molecular weight excluding hydrogens is 296 g/mol. The Labute approximate surface area is 131 Å². The molecule has 1 atom stereocenters. The Kier molecular flexibility index (Phi) is 3.04. The Morgan fingerprint density at radius 3 is 2.86 bits per heavy atom. The second kappa shape index (κ2) is 5.06. The van der Waals surface area contributed by atoms with Crippen molar-refractivity contribution in [1.29, 1.82) is 0 Å². The summed E-state index contributed by atoms with van der Waals surface area (Å²) in [6, 6.07) is 10.1. The molecule has 0 radical (unpaired) electrons. The predicted octanol–water partition coefficient (Wildman–Crippen LogP) is 3.02. The van der Waals surface area contributed by atoms with Gasteiger partial charge in [-0.15, -0.1) is 0 Å². The fourth-order valence-electron chi connectivity index (χ4n) is 2.97. The maximum atomic E-state index is 12.1. The van der Waals surface area contributed by atoms with Crippen LogP contribution in [0, 0.1) is 0 Å². The summed E-state index contributed by atoms with van der Waals surface area (Å²) in [7, 11) is 1.86. The zero-order valence-corrected chi connectivity index (χ0v) is 12.8. The highest BCUT2D eigenvalue weighted by molar-refractivity contribution is 7.03. The number of nitrogens with one attached hydrogen (secondary N) is 1. The quantitative estimate of drug-likeness (QED) is 0.791. The van der Waals surface area contributed by atoms with Crippen molar-refractivity contribution in [1.82, 2.24) is 14.2 Å². The highest BCUT2D eigenvalue weighted by Crippen LogP contribution is 2.42. The van der Waals surface area contributed by atoms with Crippen LogP contribution in [-0.4, -0.2) is 20.1 Å². The average molecular weight is 310 g/mol. The minimum Gasteiger partial charge on any atom is -0.311 e. The highest BCUT2D eigenvalue weighted by Gasteiger charge is 2.33. The summed E-state index contributed by atoms with van der Waals surface area (Å²) >= 11 is 1.41. The van der Waals surface area contributed by atoms with Gasteiger partial charge in [0.25, 0.3) is 0 Å². The standard InChI is InChI=1S/C16H14N4OS/c1-20-16-14(15(19-20)10-5-3-2-4-6-10)12(7-13(21)18-16)11-8-17-22-9-11/h2-6,8-9,12H,7H2,1H3,(H,18,21). The second-order valence-corrected chi connectivity index (χ2v) is 6.02. The Morgan fingerprint density at radius 2 is 2.14 bits per heavy atom.